The predicted octanol–water partition coefficient (Wildman–Crippen LogP) is 2.84. The van der Waals surface area contributed by atoms with Gasteiger partial charge in [0.25, 0.3) is 0 Å². The Bertz CT molecular complexity index is 1010. The van der Waals surface area contributed by atoms with Crippen molar-refractivity contribution in [2.75, 3.05) is 44.3 Å². The summed E-state index contributed by atoms with van der Waals surface area (Å²) in [5.74, 6) is -0.0816. The van der Waals surface area contributed by atoms with Crippen molar-refractivity contribution in [3.8, 4) is 0 Å². The second-order valence-electron chi connectivity index (χ2n) is 7.74. The molecule has 1 heterocycles. The number of nitrogens with one attached hydrogen (secondary N) is 1. The van der Waals surface area contributed by atoms with E-state index in [-0.39, 0.29) is 12.5 Å². The summed E-state index contributed by atoms with van der Waals surface area (Å²) < 4.78 is 27.6. The van der Waals surface area contributed by atoms with Crippen LogP contribution in [0.1, 0.15) is 17.5 Å². The first kappa shape index (κ1) is 21.4. The lowest BCUT2D eigenvalue weighted by atomic mass is 10.1. The summed E-state index contributed by atoms with van der Waals surface area (Å²) in [6.45, 7) is 2.15. The minimum Gasteiger partial charge on any atom is -0.325 e. The maximum absolute atomic E-state index is 13.0. The highest BCUT2D eigenvalue weighted by atomic mass is 32.2. The van der Waals surface area contributed by atoms with Crippen LogP contribution >= 0.6 is 11.8 Å². The average molecular weight is 446 g/mol. The average Bonchev–Trinajstić information content (AvgIpc) is 3.22. The topological polar surface area (TPSA) is 69.7 Å². The molecule has 8 heteroatoms. The number of amides is 1. The molecule has 1 aliphatic carbocycles. The quantitative estimate of drug-likeness (QED) is 0.693. The van der Waals surface area contributed by atoms with Crippen LogP contribution < -0.4 is 5.32 Å². The SMILES string of the molecule is CSc1ccc(NC(=O)CN2CCN(S(=O)(=O)c3ccc4c(c3)CCC4)CC2)cc1. The van der Waals surface area contributed by atoms with Crippen molar-refractivity contribution in [2.45, 2.75) is 29.1 Å². The van der Waals surface area contributed by atoms with Crippen LogP contribution in [0.25, 0.3) is 0 Å². The van der Waals surface area contributed by atoms with Crippen LogP contribution in [0.15, 0.2) is 52.3 Å². The zero-order valence-electron chi connectivity index (χ0n) is 17.1. The Morgan fingerprint density at radius 1 is 1.00 bits per heavy atom. The molecule has 0 unspecified atom stereocenters. The number of nitrogens with zero attached hydrogens (tertiary/aromatic N) is 2. The lowest BCUT2D eigenvalue weighted by molar-refractivity contribution is -0.117. The lowest BCUT2D eigenvalue weighted by Gasteiger charge is -2.33. The number of benzene rings is 2. The largest absolute Gasteiger partial charge is 0.325 e. The second-order valence-corrected chi connectivity index (χ2v) is 10.6. The maximum Gasteiger partial charge on any atom is 0.243 e. The zero-order chi connectivity index (χ0) is 21.1. The molecule has 2 aromatic carbocycles. The summed E-state index contributed by atoms with van der Waals surface area (Å²) in [4.78, 5) is 15.9. The third-order valence-electron chi connectivity index (χ3n) is 5.78. The van der Waals surface area contributed by atoms with Gasteiger partial charge in [-0.3, -0.25) is 9.69 Å². The van der Waals surface area contributed by atoms with E-state index in [0.717, 1.165) is 35.4 Å². The van der Waals surface area contributed by atoms with Crippen LogP contribution in [0.4, 0.5) is 5.69 Å². The number of aryl methyl sites for hydroxylation is 2. The molecule has 0 atom stereocenters. The van der Waals surface area contributed by atoms with E-state index in [2.05, 4.69) is 5.32 Å². The number of sulfonamides is 1. The number of carbonyl (C=O) groups excluding carboxylic acids is 1. The third kappa shape index (κ3) is 4.72. The molecular weight excluding hydrogens is 418 g/mol. The van der Waals surface area contributed by atoms with Gasteiger partial charge in [0, 0.05) is 36.8 Å². The molecule has 0 radical (unpaired) electrons. The van der Waals surface area contributed by atoms with Gasteiger partial charge in [0.2, 0.25) is 15.9 Å². The molecule has 1 fully saturated rings. The number of fused-ring (bicyclic) bond motifs is 1. The molecule has 2 aromatic rings. The molecule has 6 nitrogen and oxygen atoms in total. The number of piperazine rings is 1. The molecular formula is C22H27N3O3S2. The van der Waals surface area contributed by atoms with Gasteiger partial charge in [-0.25, -0.2) is 8.42 Å². The summed E-state index contributed by atoms with van der Waals surface area (Å²) in [5.41, 5.74) is 3.21. The van der Waals surface area contributed by atoms with Gasteiger partial charge in [-0.1, -0.05) is 6.07 Å². The van der Waals surface area contributed by atoms with E-state index >= 15 is 0 Å². The highest BCUT2D eigenvalue weighted by Crippen LogP contribution is 2.26. The van der Waals surface area contributed by atoms with Crippen LogP contribution in [0.2, 0.25) is 0 Å². The van der Waals surface area contributed by atoms with Crippen LogP contribution in [0.5, 0.6) is 0 Å². The van der Waals surface area contributed by atoms with Gasteiger partial charge in [-0.05, 0) is 73.0 Å². The van der Waals surface area contributed by atoms with E-state index in [1.165, 1.54) is 5.56 Å². The molecule has 30 heavy (non-hydrogen) atoms. The standard InChI is InChI=1S/C22H27N3O3S2/c1-29-20-8-6-19(7-9-20)23-22(26)16-24-11-13-25(14-12-24)30(27,28)21-10-5-17-3-2-4-18(17)15-21/h5-10,15H,2-4,11-14,16H2,1H3,(H,23,26). The van der Waals surface area contributed by atoms with E-state index in [9.17, 15) is 13.2 Å². The number of carbonyl (C=O) groups is 1. The van der Waals surface area contributed by atoms with Crippen molar-refractivity contribution in [2.24, 2.45) is 0 Å². The predicted molar refractivity (Wildman–Crippen MR) is 121 cm³/mol. The number of rotatable bonds is 6. The normalized spacial score (nSPS) is 17.6. The van der Waals surface area contributed by atoms with E-state index in [1.807, 2.05) is 47.6 Å². The fourth-order valence-corrected chi connectivity index (χ4v) is 5.95. The smallest absolute Gasteiger partial charge is 0.243 e. The highest BCUT2D eigenvalue weighted by Gasteiger charge is 2.29. The molecule has 0 aromatic heterocycles. The molecule has 2 aliphatic rings. The van der Waals surface area contributed by atoms with Crippen molar-refractivity contribution in [3.63, 3.8) is 0 Å². The molecule has 0 saturated carbocycles. The number of thioether (sulfide) groups is 1. The van der Waals surface area contributed by atoms with Gasteiger partial charge in [0.15, 0.2) is 0 Å². The Morgan fingerprint density at radius 3 is 2.40 bits per heavy atom. The fraction of sp³-hybridized carbons (Fsp3) is 0.409. The van der Waals surface area contributed by atoms with Gasteiger partial charge in [0.1, 0.15) is 0 Å². The molecule has 4 rings (SSSR count). The van der Waals surface area contributed by atoms with Gasteiger partial charge in [-0.2, -0.15) is 4.31 Å². The lowest BCUT2D eigenvalue weighted by Crippen LogP contribution is -2.50. The Balaban J connectivity index is 1.31. The molecule has 1 aliphatic heterocycles. The van der Waals surface area contributed by atoms with E-state index in [0.29, 0.717) is 31.1 Å². The van der Waals surface area contributed by atoms with Crippen molar-refractivity contribution in [1.82, 2.24) is 9.21 Å². The second kappa shape index (κ2) is 9.09. The fourth-order valence-electron chi connectivity index (χ4n) is 4.06. The molecule has 1 saturated heterocycles. The first-order chi connectivity index (χ1) is 14.5. The van der Waals surface area contributed by atoms with Gasteiger partial charge in [-0.15, -0.1) is 11.8 Å². The van der Waals surface area contributed by atoms with Crippen LogP contribution in [-0.4, -0.2) is 62.5 Å². The summed E-state index contributed by atoms with van der Waals surface area (Å²) >= 11 is 1.66. The molecule has 160 valence electrons. The van der Waals surface area contributed by atoms with Crippen molar-refractivity contribution in [1.29, 1.82) is 0 Å². The van der Waals surface area contributed by atoms with Crippen molar-refractivity contribution >= 4 is 33.4 Å². The first-order valence-corrected chi connectivity index (χ1v) is 12.9. The summed E-state index contributed by atoms with van der Waals surface area (Å²) in [6, 6.07) is 13.3. The van der Waals surface area contributed by atoms with Crippen LogP contribution in [-0.2, 0) is 27.7 Å². The molecule has 0 bridgehead atoms. The van der Waals surface area contributed by atoms with E-state index < -0.39 is 10.0 Å². The first-order valence-electron chi connectivity index (χ1n) is 10.2. The summed E-state index contributed by atoms with van der Waals surface area (Å²) in [5, 5.41) is 2.91. The van der Waals surface area contributed by atoms with Crippen LogP contribution in [0.3, 0.4) is 0 Å². The van der Waals surface area contributed by atoms with Crippen LogP contribution in [0, 0.1) is 0 Å². The minimum absolute atomic E-state index is 0.0816. The molecule has 1 N–H and O–H groups in total. The maximum atomic E-state index is 13.0. The Hall–Kier alpha value is -1.87. The number of hydrogen-bond acceptors (Lipinski definition) is 5. The van der Waals surface area contributed by atoms with Crippen molar-refractivity contribution < 1.29 is 13.2 Å². The van der Waals surface area contributed by atoms with Crippen molar-refractivity contribution in [3.05, 3.63) is 53.6 Å². The molecule has 0 spiro atoms. The minimum atomic E-state index is -3.49. The third-order valence-corrected chi connectivity index (χ3v) is 8.42. The Kier molecular flexibility index (Phi) is 6.48. The van der Waals surface area contributed by atoms with Gasteiger partial charge in [0.05, 0.1) is 11.4 Å². The Morgan fingerprint density at radius 2 is 1.70 bits per heavy atom. The monoisotopic (exact) mass is 445 g/mol. The number of hydrogen-bond donors (Lipinski definition) is 1. The zero-order valence-corrected chi connectivity index (χ0v) is 18.8. The summed E-state index contributed by atoms with van der Waals surface area (Å²) in [6.07, 6.45) is 5.11. The molecule has 1 amide bonds. The van der Waals surface area contributed by atoms with E-state index in [4.69, 9.17) is 0 Å². The van der Waals surface area contributed by atoms with Gasteiger partial charge < -0.3 is 5.32 Å². The Labute approximate surface area is 182 Å². The van der Waals surface area contributed by atoms with Gasteiger partial charge >= 0.3 is 0 Å². The summed E-state index contributed by atoms with van der Waals surface area (Å²) in [7, 11) is -3.49. The highest BCUT2D eigenvalue weighted by molar-refractivity contribution is 7.98. The number of anilines is 1. The van der Waals surface area contributed by atoms with E-state index in [1.54, 1.807) is 22.1 Å².